The van der Waals surface area contributed by atoms with E-state index in [0.717, 1.165) is 56.0 Å². The van der Waals surface area contributed by atoms with Crippen LogP contribution in [0.25, 0.3) is 0 Å². The maximum atomic E-state index is 11.8. The maximum Gasteiger partial charge on any atom is 0.251 e. The molecule has 1 aliphatic heterocycles. The minimum atomic E-state index is -0.0386. The van der Waals surface area contributed by atoms with Crippen LogP contribution in [0.15, 0.2) is 29.3 Å². The lowest BCUT2D eigenvalue weighted by atomic mass is 9.82. The molecular weight excluding hydrogens is 324 g/mol. The van der Waals surface area contributed by atoms with Gasteiger partial charge in [0.15, 0.2) is 5.96 Å². The predicted octanol–water partition coefficient (Wildman–Crippen LogP) is 2.68. The van der Waals surface area contributed by atoms with Crippen molar-refractivity contribution in [3.05, 3.63) is 35.4 Å². The zero-order valence-electron chi connectivity index (χ0n) is 16.1. The van der Waals surface area contributed by atoms with Gasteiger partial charge in [0.05, 0.1) is 0 Å². The molecule has 2 N–H and O–H groups in total. The lowest BCUT2D eigenvalue weighted by Gasteiger charge is -2.22. The second-order valence-corrected chi connectivity index (χ2v) is 7.47. The molecule has 1 aromatic rings. The van der Waals surface area contributed by atoms with Crippen LogP contribution >= 0.6 is 0 Å². The van der Waals surface area contributed by atoms with Gasteiger partial charge in [0.25, 0.3) is 5.91 Å². The van der Waals surface area contributed by atoms with E-state index < -0.39 is 0 Å². The van der Waals surface area contributed by atoms with Crippen LogP contribution < -0.4 is 10.6 Å². The monoisotopic (exact) mass is 356 g/mol. The highest BCUT2D eigenvalue weighted by Gasteiger charge is 2.35. The first-order valence-corrected chi connectivity index (χ1v) is 10.1. The van der Waals surface area contributed by atoms with Crippen LogP contribution in [0, 0.1) is 11.8 Å². The van der Waals surface area contributed by atoms with Crippen molar-refractivity contribution in [3.8, 4) is 0 Å². The number of guanidine groups is 1. The molecule has 26 heavy (non-hydrogen) atoms. The third-order valence-corrected chi connectivity index (χ3v) is 5.69. The first-order valence-electron chi connectivity index (χ1n) is 10.1. The largest absolute Gasteiger partial charge is 0.357 e. The summed E-state index contributed by atoms with van der Waals surface area (Å²) in [4.78, 5) is 19.1. The Kier molecular flexibility index (Phi) is 6.53. The van der Waals surface area contributed by atoms with Gasteiger partial charge in [-0.05, 0) is 55.7 Å². The molecule has 0 spiro atoms. The van der Waals surface area contributed by atoms with E-state index in [0.29, 0.717) is 5.56 Å². The van der Waals surface area contributed by atoms with Gasteiger partial charge in [0.1, 0.15) is 0 Å². The highest BCUT2D eigenvalue weighted by molar-refractivity contribution is 5.94. The van der Waals surface area contributed by atoms with Crippen LogP contribution in [0.4, 0.5) is 0 Å². The first kappa shape index (κ1) is 18.7. The van der Waals surface area contributed by atoms with E-state index >= 15 is 0 Å². The van der Waals surface area contributed by atoms with E-state index in [9.17, 15) is 4.79 Å². The number of hydrogen-bond acceptors (Lipinski definition) is 2. The van der Waals surface area contributed by atoms with E-state index in [2.05, 4.69) is 28.5 Å². The second kappa shape index (κ2) is 9.06. The Balaban J connectivity index is 1.60. The number of benzene rings is 1. The van der Waals surface area contributed by atoms with Gasteiger partial charge < -0.3 is 15.5 Å². The molecule has 0 radical (unpaired) electrons. The molecule has 5 heteroatoms. The molecule has 142 valence electrons. The van der Waals surface area contributed by atoms with Crippen molar-refractivity contribution >= 4 is 11.9 Å². The second-order valence-electron chi connectivity index (χ2n) is 7.47. The molecule has 3 rings (SSSR count). The number of rotatable bonds is 5. The molecule has 1 amide bonds. The predicted molar refractivity (Wildman–Crippen MR) is 107 cm³/mol. The van der Waals surface area contributed by atoms with E-state index in [1.54, 1.807) is 7.05 Å². The zero-order valence-corrected chi connectivity index (χ0v) is 16.1. The highest BCUT2D eigenvalue weighted by Crippen LogP contribution is 2.35. The molecule has 5 nitrogen and oxygen atoms in total. The fourth-order valence-corrected chi connectivity index (χ4v) is 4.31. The van der Waals surface area contributed by atoms with Crippen molar-refractivity contribution in [3.63, 3.8) is 0 Å². The number of amides is 1. The van der Waals surface area contributed by atoms with Gasteiger partial charge in [-0.3, -0.25) is 9.79 Å². The summed E-state index contributed by atoms with van der Waals surface area (Å²) in [5, 5.41) is 6.15. The maximum absolute atomic E-state index is 11.8. The minimum Gasteiger partial charge on any atom is -0.357 e. The van der Waals surface area contributed by atoms with E-state index in [-0.39, 0.29) is 5.91 Å². The molecule has 2 fully saturated rings. The summed E-state index contributed by atoms with van der Waals surface area (Å²) in [6.45, 7) is 6.08. The fourth-order valence-electron chi connectivity index (χ4n) is 4.31. The van der Waals surface area contributed by atoms with E-state index in [1.807, 2.05) is 18.2 Å². The number of carbonyl (C=O) groups excluding carboxylic acids is 1. The standard InChI is InChI=1S/C21H32N4O/c1-3-23-21(25-14-18-8-4-5-9-19(18)15-25)24-12-11-16-7-6-10-17(13-16)20(26)22-2/h6-7,10,13,18-19H,3-5,8-9,11-12,14-15H2,1-2H3,(H,22,26)(H,23,24). The number of aliphatic imine (C=N–C) groups is 1. The smallest absolute Gasteiger partial charge is 0.251 e. The van der Waals surface area contributed by atoms with Gasteiger partial charge in [-0.15, -0.1) is 0 Å². The number of carbonyl (C=O) groups is 1. The summed E-state index contributed by atoms with van der Waals surface area (Å²) in [7, 11) is 1.66. The average molecular weight is 357 g/mol. The first-order chi connectivity index (χ1) is 12.7. The third-order valence-electron chi connectivity index (χ3n) is 5.69. The number of fused-ring (bicyclic) bond motifs is 1. The summed E-state index contributed by atoms with van der Waals surface area (Å²) in [5.41, 5.74) is 1.87. The lowest BCUT2D eigenvalue weighted by molar-refractivity contribution is 0.0963. The van der Waals surface area contributed by atoms with Crippen molar-refractivity contribution in [2.75, 3.05) is 33.2 Å². The van der Waals surface area contributed by atoms with Crippen LogP contribution in [0.5, 0.6) is 0 Å². The highest BCUT2D eigenvalue weighted by atomic mass is 16.1. The minimum absolute atomic E-state index is 0.0386. The van der Waals surface area contributed by atoms with Crippen LogP contribution in [-0.4, -0.2) is 50.0 Å². The van der Waals surface area contributed by atoms with Crippen LogP contribution in [0.3, 0.4) is 0 Å². The molecule has 1 aliphatic carbocycles. The van der Waals surface area contributed by atoms with Gasteiger partial charge in [-0.2, -0.15) is 0 Å². The molecular formula is C21H32N4O. The lowest BCUT2D eigenvalue weighted by Crippen LogP contribution is -2.40. The molecule has 2 aliphatic rings. The number of nitrogens with one attached hydrogen (secondary N) is 2. The Hall–Kier alpha value is -2.04. The summed E-state index contributed by atoms with van der Waals surface area (Å²) < 4.78 is 0. The number of hydrogen-bond donors (Lipinski definition) is 2. The quantitative estimate of drug-likeness (QED) is 0.630. The topological polar surface area (TPSA) is 56.7 Å². The van der Waals surface area contributed by atoms with Crippen molar-refractivity contribution in [1.82, 2.24) is 15.5 Å². The van der Waals surface area contributed by atoms with E-state index in [4.69, 9.17) is 4.99 Å². The Labute approximate surface area is 157 Å². The van der Waals surface area contributed by atoms with Gasteiger partial charge in [-0.25, -0.2) is 0 Å². The van der Waals surface area contributed by atoms with Gasteiger partial charge in [-0.1, -0.05) is 25.0 Å². The van der Waals surface area contributed by atoms with Gasteiger partial charge >= 0.3 is 0 Å². The molecule has 1 saturated carbocycles. The van der Waals surface area contributed by atoms with Gasteiger partial charge in [0, 0.05) is 38.8 Å². The average Bonchev–Trinajstić information content (AvgIpc) is 3.11. The Morgan fingerprint density at radius 1 is 1.23 bits per heavy atom. The Morgan fingerprint density at radius 3 is 2.62 bits per heavy atom. The van der Waals surface area contributed by atoms with Crippen molar-refractivity contribution in [1.29, 1.82) is 0 Å². The number of nitrogens with zero attached hydrogens (tertiary/aromatic N) is 2. The normalized spacial score (nSPS) is 22.8. The Morgan fingerprint density at radius 2 is 1.96 bits per heavy atom. The number of likely N-dealkylation sites (tertiary alicyclic amines) is 1. The summed E-state index contributed by atoms with van der Waals surface area (Å²) >= 11 is 0. The van der Waals surface area contributed by atoms with E-state index in [1.165, 1.54) is 25.7 Å². The molecule has 1 heterocycles. The Bertz CT molecular complexity index is 629. The fraction of sp³-hybridized carbons (Fsp3) is 0.619. The third kappa shape index (κ3) is 4.57. The van der Waals surface area contributed by atoms with Crippen molar-refractivity contribution in [2.45, 2.75) is 39.0 Å². The molecule has 2 atom stereocenters. The van der Waals surface area contributed by atoms with Gasteiger partial charge in [0.2, 0.25) is 0 Å². The van der Waals surface area contributed by atoms with Crippen molar-refractivity contribution < 1.29 is 4.79 Å². The molecule has 2 unspecified atom stereocenters. The van der Waals surface area contributed by atoms with Crippen LogP contribution in [0.2, 0.25) is 0 Å². The summed E-state index contributed by atoms with van der Waals surface area (Å²) in [5.74, 6) is 2.74. The molecule has 0 bridgehead atoms. The van der Waals surface area contributed by atoms with Crippen LogP contribution in [0.1, 0.15) is 48.5 Å². The van der Waals surface area contributed by atoms with Crippen LogP contribution in [-0.2, 0) is 6.42 Å². The SMILES string of the molecule is CCNC(=NCCc1cccc(C(=O)NC)c1)N1CC2CCCCC2C1. The summed E-state index contributed by atoms with van der Waals surface area (Å²) in [6.07, 6.45) is 6.40. The molecule has 0 aromatic heterocycles. The summed E-state index contributed by atoms with van der Waals surface area (Å²) in [6, 6.07) is 7.83. The van der Waals surface area contributed by atoms with Crippen molar-refractivity contribution in [2.24, 2.45) is 16.8 Å². The molecule has 1 saturated heterocycles. The molecule has 1 aromatic carbocycles. The zero-order chi connectivity index (χ0) is 18.4.